The van der Waals surface area contributed by atoms with Gasteiger partial charge in [0.15, 0.2) is 23.0 Å². The van der Waals surface area contributed by atoms with E-state index in [2.05, 4.69) is 0 Å². The average Bonchev–Trinajstić information content (AvgIpc) is 2.71. The van der Waals surface area contributed by atoms with Crippen molar-refractivity contribution in [2.24, 2.45) is 0 Å². The van der Waals surface area contributed by atoms with Gasteiger partial charge in [0.1, 0.15) is 0 Å². The second-order valence-electron chi connectivity index (χ2n) is 7.23. The topological polar surface area (TPSA) is 80.9 Å². The summed E-state index contributed by atoms with van der Waals surface area (Å²) in [5, 5.41) is 49.5. The van der Waals surface area contributed by atoms with Crippen LogP contribution in [-0.2, 0) is 0 Å². The summed E-state index contributed by atoms with van der Waals surface area (Å²) < 4.78 is 0. The maximum absolute atomic E-state index is 10.3. The quantitative estimate of drug-likeness (QED) is 0.158. The van der Waals surface area contributed by atoms with Crippen molar-refractivity contribution in [2.45, 2.75) is 0 Å². The zero-order valence-electron chi connectivity index (χ0n) is 14.6. The third-order valence-corrected chi connectivity index (χ3v) is 5.80. The van der Waals surface area contributed by atoms with Crippen LogP contribution in [0.5, 0.6) is 23.0 Å². The van der Waals surface area contributed by atoms with Crippen molar-refractivity contribution >= 4 is 53.9 Å². The van der Waals surface area contributed by atoms with Gasteiger partial charge in [-0.2, -0.15) is 0 Å². The van der Waals surface area contributed by atoms with Crippen molar-refractivity contribution in [3.8, 4) is 23.0 Å². The van der Waals surface area contributed by atoms with Gasteiger partial charge in [0.2, 0.25) is 0 Å². The molecule has 0 unspecified atom stereocenters. The summed E-state index contributed by atoms with van der Waals surface area (Å²) >= 11 is 0. The highest BCUT2D eigenvalue weighted by Crippen LogP contribution is 2.46. The lowest BCUT2D eigenvalue weighted by Gasteiger charge is -2.16. The Bertz CT molecular complexity index is 1480. The van der Waals surface area contributed by atoms with E-state index in [1.165, 1.54) is 12.1 Å². The van der Waals surface area contributed by atoms with Gasteiger partial charge in [-0.3, -0.25) is 0 Å². The van der Waals surface area contributed by atoms with E-state index in [1.54, 1.807) is 0 Å². The van der Waals surface area contributed by atoms with Gasteiger partial charge < -0.3 is 20.4 Å². The number of hydrogen-bond acceptors (Lipinski definition) is 4. The first kappa shape index (κ1) is 15.2. The van der Waals surface area contributed by atoms with Crippen LogP contribution in [-0.4, -0.2) is 20.4 Å². The molecule has 6 rings (SSSR count). The molecule has 6 aromatic carbocycles. The Morgan fingerprint density at radius 3 is 1.21 bits per heavy atom. The molecule has 134 valence electrons. The summed E-state index contributed by atoms with van der Waals surface area (Å²) in [5.41, 5.74) is 0. The van der Waals surface area contributed by atoms with Gasteiger partial charge >= 0.3 is 0 Å². The molecular formula is C24H14O4. The Morgan fingerprint density at radius 2 is 0.786 bits per heavy atom. The van der Waals surface area contributed by atoms with E-state index in [4.69, 9.17) is 0 Å². The van der Waals surface area contributed by atoms with Crippen LogP contribution in [0.2, 0.25) is 0 Å². The Balaban J connectivity index is 1.92. The fraction of sp³-hybridized carbons (Fsp3) is 0. The first-order chi connectivity index (χ1) is 13.5. The van der Waals surface area contributed by atoms with Crippen LogP contribution in [0.3, 0.4) is 0 Å². The maximum atomic E-state index is 10.3. The highest BCUT2D eigenvalue weighted by atomic mass is 16.3. The second kappa shape index (κ2) is 4.87. The van der Waals surface area contributed by atoms with Crippen LogP contribution in [0.15, 0.2) is 60.7 Å². The van der Waals surface area contributed by atoms with Crippen molar-refractivity contribution in [3.05, 3.63) is 60.7 Å². The Kier molecular flexibility index (Phi) is 2.64. The highest BCUT2D eigenvalue weighted by Gasteiger charge is 2.17. The molecule has 4 heteroatoms. The van der Waals surface area contributed by atoms with E-state index in [0.29, 0.717) is 10.8 Å². The molecule has 0 bridgehead atoms. The molecule has 0 fully saturated rings. The normalized spacial score (nSPS) is 12.1. The van der Waals surface area contributed by atoms with Crippen LogP contribution in [0, 0.1) is 0 Å². The van der Waals surface area contributed by atoms with E-state index in [9.17, 15) is 20.4 Å². The van der Waals surface area contributed by atoms with Crippen molar-refractivity contribution in [1.29, 1.82) is 0 Å². The molecule has 0 aliphatic rings. The zero-order chi connectivity index (χ0) is 19.2. The first-order valence-electron chi connectivity index (χ1n) is 8.94. The third-order valence-electron chi connectivity index (χ3n) is 5.80. The number of aromatic hydroxyl groups is 4. The summed E-state index contributed by atoms with van der Waals surface area (Å²) in [6, 6.07) is 18.4. The van der Waals surface area contributed by atoms with Crippen LogP contribution >= 0.6 is 0 Å². The summed E-state index contributed by atoms with van der Waals surface area (Å²) in [7, 11) is 0. The van der Waals surface area contributed by atoms with E-state index < -0.39 is 0 Å². The van der Waals surface area contributed by atoms with Gasteiger partial charge in [-0.1, -0.05) is 24.3 Å². The smallest absolute Gasteiger partial charge is 0.165 e. The van der Waals surface area contributed by atoms with Crippen molar-refractivity contribution < 1.29 is 20.4 Å². The van der Waals surface area contributed by atoms with Gasteiger partial charge in [0.05, 0.1) is 0 Å². The van der Waals surface area contributed by atoms with E-state index in [-0.39, 0.29) is 23.0 Å². The van der Waals surface area contributed by atoms with Gasteiger partial charge in [-0.25, -0.2) is 0 Å². The number of hydrogen-bond donors (Lipinski definition) is 4. The average molecular weight is 366 g/mol. The predicted molar refractivity (Wildman–Crippen MR) is 112 cm³/mol. The monoisotopic (exact) mass is 366 g/mol. The minimum Gasteiger partial charge on any atom is -0.504 e. The molecule has 6 aromatic rings. The van der Waals surface area contributed by atoms with Crippen molar-refractivity contribution in [1.82, 2.24) is 0 Å². The molecule has 0 saturated carbocycles. The fourth-order valence-electron chi connectivity index (χ4n) is 4.50. The fourth-order valence-corrected chi connectivity index (χ4v) is 4.50. The molecule has 0 spiro atoms. The standard InChI is InChI=1S/C24H14O4/c25-19-8-6-14-16-4-2-12-10-18-13(5-7-20(26)24(18)28)15-3-1-11(21(16)22(12)15)9-17(14)23(19)27/h1-10,25-28H. The molecular weight excluding hydrogens is 352 g/mol. The lowest BCUT2D eigenvalue weighted by atomic mass is 9.88. The lowest BCUT2D eigenvalue weighted by molar-refractivity contribution is 0.408. The number of phenolic OH excluding ortho intramolecular Hbond substituents is 4. The summed E-state index contributed by atoms with van der Waals surface area (Å²) in [6.45, 7) is 0. The maximum Gasteiger partial charge on any atom is 0.165 e. The molecule has 0 aromatic heterocycles. The minimum atomic E-state index is -0.137. The molecule has 28 heavy (non-hydrogen) atoms. The number of benzene rings is 6. The lowest BCUT2D eigenvalue weighted by Crippen LogP contribution is -1.88. The highest BCUT2D eigenvalue weighted by molar-refractivity contribution is 6.33. The third kappa shape index (κ3) is 1.70. The molecule has 0 aliphatic carbocycles. The summed E-state index contributed by atoms with van der Waals surface area (Å²) in [4.78, 5) is 0. The summed E-state index contributed by atoms with van der Waals surface area (Å²) in [5.74, 6) is -0.508. The summed E-state index contributed by atoms with van der Waals surface area (Å²) in [6.07, 6.45) is 0. The Labute approximate surface area is 158 Å². The zero-order valence-corrected chi connectivity index (χ0v) is 14.6. The first-order valence-corrected chi connectivity index (χ1v) is 8.94. The largest absolute Gasteiger partial charge is 0.504 e. The van der Waals surface area contributed by atoms with E-state index in [0.717, 1.165) is 43.1 Å². The van der Waals surface area contributed by atoms with Gasteiger partial charge in [-0.05, 0) is 79.5 Å². The minimum absolute atomic E-state index is 0.117. The van der Waals surface area contributed by atoms with Crippen molar-refractivity contribution in [2.75, 3.05) is 0 Å². The molecule has 4 nitrogen and oxygen atoms in total. The number of rotatable bonds is 0. The Morgan fingerprint density at radius 1 is 0.393 bits per heavy atom. The van der Waals surface area contributed by atoms with Gasteiger partial charge in [-0.15, -0.1) is 0 Å². The molecule has 0 aliphatic heterocycles. The van der Waals surface area contributed by atoms with Crippen LogP contribution in [0.1, 0.15) is 0 Å². The van der Waals surface area contributed by atoms with E-state index in [1.807, 2.05) is 48.5 Å². The molecule has 4 N–H and O–H groups in total. The van der Waals surface area contributed by atoms with Gasteiger partial charge in [0, 0.05) is 10.8 Å². The molecule has 0 amide bonds. The molecule has 0 radical (unpaired) electrons. The second-order valence-corrected chi connectivity index (χ2v) is 7.23. The van der Waals surface area contributed by atoms with Gasteiger partial charge in [0.25, 0.3) is 0 Å². The van der Waals surface area contributed by atoms with Crippen molar-refractivity contribution in [3.63, 3.8) is 0 Å². The predicted octanol–water partition coefficient (Wildman–Crippen LogP) is 5.71. The van der Waals surface area contributed by atoms with Crippen LogP contribution < -0.4 is 0 Å². The number of phenols is 4. The molecule has 0 saturated heterocycles. The molecule has 0 heterocycles. The SMILES string of the molecule is Oc1ccc2c(cc3ccc4c5ccc(O)c(O)c5cc5ccc2c3c54)c1O. The van der Waals surface area contributed by atoms with E-state index >= 15 is 0 Å². The molecule has 0 atom stereocenters. The van der Waals surface area contributed by atoms with Crippen LogP contribution in [0.4, 0.5) is 0 Å². The van der Waals surface area contributed by atoms with Crippen LogP contribution in [0.25, 0.3) is 53.9 Å². The Hall–Kier alpha value is -3.92. The number of fused-ring (bicyclic) bond motifs is 4.